The van der Waals surface area contributed by atoms with Gasteiger partial charge in [-0.1, -0.05) is 6.07 Å². The Labute approximate surface area is 123 Å². The summed E-state index contributed by atoms with van der Waals surface area (Å²) in [5, 5.41) is 3.45. The molecule has 4 nitrogen and oxygen atoms in total. The van der Waals surface area contributed by atoms with Crippen LogP contribution in [0.2, 0.25) is 0 Å². The summed E-state index contributed by atoms with van der Waals surface area (Å²) in [6, 6.07) is 6.18. The Balaban J connectivity index is 2.04. The number of ether oxygens (including phenoxy) is 1. The highest BCUT2D eigenvalue weighted by molar-refractivity contribution is 5.09. The molecule has 0 atom stereocenters. The molecule has 114 valence electrons. The molecule has 0 aliphatic carbocycles. The summed E-state index contributed by atoms with van der Waals surface area (Å²) in [5.74, 6) is 0. The Morgan fingerprint density at radius 3 is 2.80 bits per heavy atom. The summed E-state index contributed by atoms with van der Waals surface area (Å²) >= 11 is 0. The molecule has 0 aliphatic heterocycles. The van der Waals surface area contributed by atoms with Crippen molar-refractivity contribution in [1.82, 2.24) is 15.2 Å². The van der Waals surface area contributed by atoms with Crippen LogP contribution in [0.5, 0.6) is 0 Å². The van der Waals surface area contributed by atoms with Gasteiger partial charge in [0.2, 0.25) is 0 Å². The van der Waals surface area contributed by atoms with E-state index < -0.39 is 0 Å². The molecular formula is C16H29N3O. The van der Waals surface area contributed by atoms with E-state index in [0.717, 1.165) is 50.6 Å². The first-order chi connectivity index (χ1) is 9.58. The standard InChI is InChI=1S/C16H29N3O/c1-14(2)20-12-6-9-17-10-11-19(4)13-16-8-5-7-15(3)18-16/h5,7-8,14,17H,6,9-13H2,1-4H3. The van der Waals surface area contributed by atoms with Crippen LogP contribution in [0.15, 0.2) is 18.2 Å². The first-order valence-electron chi connectivity index (χ1n) is 7.51. The molecule has 1 aromatic rings. The molecular weight excluding hydrogens is 250 g/mol. The number of pyridine rings is 1. The average Bonchev–Trinajstić information content (AvgIpc) is 2.37. The smallest absolute Gasteiger partial charge is 0.0547 e. The second-order valence-electron chi connectivity index (χ2n) is 5.53. The summed E-state index contributed by atoms with van der Waals surface area (Å²) in [6.07, 6.45) is 1.41. The molecule has 20 heavy (non-hydrogen) atoms. The van der Waals surface area contributed by atoms with Crippen LogP contribution in [-0.2, 0) is 11.3 Å². The Morgan fingerprint density at radius 2 is 2.10 bits per heavy atom. The minimum atomic E-state index is 0.336. The quantitative estimate of drug-likeness (QED) is 0.667. The van der Waals surface area contributed by atoms with Gasteiger partial charge < -0.3 is 10.1 Å². The molecule has 0 saturated carbocycles. The number of rotatable bonds is 10. The van der Waals surface area contributed by atoms with Crippen molar-refractivity contribution < 1.29 is 4.74 Å². The lowest BCUT2D eigenvalue weighted by Crippen LogP contribution is -2.30. The number of likely N-dealkylation sites (N-methyl/N-ethyl adjacent to an activating group) is 1. The zero-order valence-corrected chi connectivity index (χ0v) is 13.4. The van der Waals surface area contributed by atoms with Gasteiger partial charge in [0, 0.05) is 31.9 Å². The third kappa shape index (κ3) is 8.25. The number of hydrogen-bond donors (Lipinski definition) is 1. The highest BCUT2D eigenvalue weighted by atomic mass is 16.5. The molecule has 1 aromatic heterocycles. The first kappa shape index (κ1) is 17.1. The van der Waals surface area contributed by atoms with E-state index in [9.17, 15) is 0 Å². The van der Waals surface area contributed by atoms with Crippen molar-refractivity contribution >= 4 is 0 Å². The predicted molar refractivity (Wildman–Crippen MR) is 83.9 cm³/mol. The first-order valence-corrected chi connectivity index (χ1v) is 7.51. The van der Waals surface area contributed by atoms with Gasteiger partial charge >= 0.3 is 0 Å². The Kier molecular flexibility index (Phi) is 8.42. The summed E-state index contributed by atoms with van der Waals surface area (Å²) in [5.41, 5.74) is 2.22. The van der Waals surface area contributed by atoms with Crippen molar-refractivity contribution in [2.45, 2.75) is 39.8 Å². The molecule has 0 bridgehead atoms. The average molecular weight is 279 g/mol. The molecule has 0 saturated heterocycles. The van der Waals surface area contributed by atoms with E-state index in [2.05, 4.69) is 48.2 Å². The Hall–Kier alpha value is -0.970. The van der Waals surface area contributed by atoms with Crippen LogP contribution in [0, 0.1) is 6.92 Å². The van der Waals surface area contributed by atoms with Crippen molar-refractivity contribution in [3.63, 3.8) is 0 Å². The summed E-state index contributed by atoms with van der Waals surface area (Å²) in [6.45, 7) is 11.0. The van der Waals surface area contributed by atoms with Crippen molar-refractivity contribution in [3.05, 3.63) is 29.6 Å². The number of hydrogen-bond acceptors (Lipinski definition) is 4. The SMILES string of the molecule is Cc1cccc(CN(C)CCNCCCOC(C)C)n1. The summed E-state index contributed by atoms with van der Waals surface area (Å²) in [7, 11) is 2.13. The lowest BCUT2D eigenvalue weighted by Gasteiger charge is -2.16. The monoisotopic (exact) mass is 279 g/mol. The molecule has 1 heterocycles. The van der Waals surface area contributed by atoms with E-state index >= 15 is 0 Å². The fraction of sp³-hybridized carbons (Fsp3) is 0.688. The predicted octanol–water partition coefficient (Wildman–Crippen LogP) is 2.23. The van der Waals surface area contributed by atoms with Gasteiger partial charge in [-0.2, -0.15) is 0 Å². The van der Waals surface area contributed by atoms with E-state index in [1.54, 1.807) is 0 Å². The van der Waals surface area contributed by atoms with E-state index in [0.29, 0.717) is 6.10 Å². The second kappa shape index (κ2) is 9.86. The van der Waals surface area contributed by atoms with E-state index in [1.165, 1.54) is 0 Å². The van der Waals surface area contributed by atoms with Crippen LogP contribution in [0.3, 0.4) is 0 Å². The topological polar surface area (TPSA) is 37.4 Å². The molecule has 0 spiro atoms. The lowest BCUT2D eigenvalue weighted by molar-refractivity contribution is 0.0770. The molecule has 1 N–H and O–H groups in total. The molecule has 1 rings (SSSR count). The minimum Gasteiger partial charge on any atom is -0.379 e. The number of nitrogens with one attached hydrogen (secondary N) is 1. The molecule has 0 fully saturated rings. The summed E-state index contributed by atoms with van der Waals surface area (Å²) < 4.78 is 5.50. The second-order valence-corrected chi connectivity index (χ2v) is 5.53. The largest absolute Gasteiger partial charge is 0.379 e. The maximum absolute atomic E-state index is 5.50. The van der Waals surface area contributed by atoms with Crippen LogP contribution >= 0.6 is 0 Å². The Morgan fingerprint density at radius 1 is 1.30 bits per heavy atom. The van der Waals surface area contributed by atoms with Crippen LogP contribution < -0.4 is 5.32 Å². The highest BCUT2D eigenvalue weighted by Gasteiger charge is 2.01. The molecule has 0 unspecified atom stereocenters. The third-order valence-corrected chi connectivity index (χ3v) is 3.00. The van der Waals surface area contributed by atoms with Crippen molar-refractivity contribution in [1.29, 1.82) is 0 Å². The van der Waals surface area contributed by atoms with Crippen molar-refractivity contribution in [2.75, 3.05) is 33.3 Å². The van der Waals surface area contributed by atoms with Gasteiger partial charge in [0.15, 0.2) is 0 Å². The Bertz CT molecular complexity index is 368. The molecule has 0 amide bonds. The minimum absolute atomic E-state index is 0.336. The zero-order valence-electron chi connectivity index (χ0n) is 13.4. The number of aryl methyl sites for hydroxylation is 1. The van der Waals surface area contributed by atoms with Crippen LogP contribution in [0.1, 0.15) is 31.7 Å². The van der Waals surface area contributed by atoms with Crippen molar-refractivity contribution in [3.8, 4) is 0 Å². The maximum Gasteiger partial charge on any atom is 0.0547 e. The van der Waals surface area contributed by atoms with Gasteiger partial charge in [-0.15, -0.1) is 0 Å². The van der Waals surface area contributed by atoms with E-state index in [4.69, 9.17) is 4.74 Å². The normalized spacial score (nSPS) is 11.5. The van der Waals surface area contributed by atoms with Crippen LogP contribution in [0.4, 0.5) is 0 Å². The zero-order chi connectivity index (χ0) is 14.8. The fourth-order valence-corrected chi connectivity index (χ4v) is 1.95. The molecule has 0 aliphatic rings. The maximum atomic E-state index is 5.50. The number of nitrogens with zero attached hydrogens (tertiary/aromatic N) is 2. The lowest BCUT2D eigenvalue weighted by atomic mass is 10.3. The van der Waals surface area contributed by atoms with Gasteiger partial charge in [-0.25, -0.2) is 0 Å². The van der Waals surface area contributed by atoms with E-state index in [1.807, 2.05) is 13.0 Å². The number of aromatic nitrogens is 1. The molecule has 0 radical (unpaired) electrons. The van der Waals surface area contributed by atoms with Gasteiger partial charge in [0.05, 0.1) is 11.8 Å². The van der Waals surface area contributed by atoms with Gasteiger partial charge in [0.25, 0.3) is 0 Å². The van der Waals surface area contributed by atoms with Gasteiger partial charge in [-0.05, 0) is 52.9 Å². The summed E-state index contributed by atoms with van der Waals surface area (Å²) in [4.78, 5) is 6.81. The highest BCUT2D eigenvalue weighted by Crippen LogP contribution is 2.01. The third-order valence-electron chi connectivity index (χ3n) is 3.00. The van der Waals surface area contributed by atoms with Crippen molar-refractivity contribution in [2.24, 2.45) is 0 Å². The molecule has 0 aromatic carbocycles. The van der Waals surface area contributed by atoms with E-state index in [-0.39, 0.29) is 0 Å². The molecule has 4 heteroatoms. The fourth-order valence-electron chi connectivity index (χ4n) is 1.95. The van der Waals surface area contributed by atoms with Crippen LogP contribution in [-0.4, -0.2) is 49.3 Å². The van der Waals surface area contributed by atoms with Crippen LogP contribution in [0.25, 0.3) is 0 Å². The van der Waals surface area contributed by atoms with Gasteiger partial charge in [0.1, 0.15) is 0 Å². The van der Waals surface area contributed by atoms with Gasteiger partial charge in [-0.3, -0.25) is 9.88 Å².